The van der Waals surface area contributed by atoms with Crippen LogP contribution in [-0.2, 0) is 4.79 Å². The predicted molar refractivity (Wildman–Crippen MR) is 73.3 cm³/mol. The van der Waals surface area contributed by atoms with Crippen molar-refractivity contribution in [3.8, 4) is 11.5 Å². The molecule has 0 radical (unpaired) electrons. The third-order valence-corrected chi connectivity index (χ3v) is 2.86. The molecule has 1 aromatic carbocycles. The molecule has 1 aliphatic heterocycles. The number of hydrogen-bond acceptors (Lipinski definition) is 4. The highest BCUT2D eigenvalue weighted by Gasteiger charge is 2.31. The average Bonchev–Trinajstić information content (AvgIpc) is 2.62. The summed E-state index contributed by atoms with van der Waals surface area (Å²) in [6.45, 7) is 5.67. The second-order valence-electron chi connectivity index (χ2n) is 5.15. The van der Waals surface area contributed by atoms with E-state index >= 15 is 0 Å². The second-order valence-corrected chi connectivity index (χ2v) is 5.15. The van der Waals surface area contributed by atoms with Gasteiger partial charge in [0.2, 0.25) is 11.7 Å². The summed E-state index contributed by atoms with van der Waals surface area (Å²) in [6.07, 6.45) is 1.55. The van der Waals surface area contributed by atoms with E-state index in [-0.39, 0.29) is 5.91 Å². The van der Waals surface area contributed by atoms with Gasteiger partial charge < -0.3 is 20.5 Å². The molecule has 5 nitrogen and oxygen atoms in total. The van der Waals surface area contributed by atoms with Gasteiger partial charge in [-0.3, -0.25) is 4.79 Å². The molecular formula is C14H20N2O3. The van der Waals surface area contributed by atoms with Gasteiger partial charge >= 0.3 is 0 Å². The molecule has 0 spiro atoms. The Morgan fingerprint density at radius 2 is 2.05 bits per heavy atom. The maximum Gasteiger partial charge on any atom is 0.246 e. The van der Waals surface area contributed by atoms with Crippen LogP contribution in [-0.4, -0.2) is 17.7 Å². The molecule has 1 heterocycles. The van der Waals surface area contributed by atoms with Gasteiger partial charge in [0, 0.05) is 25.6 Å². The Balaban J connectivity index is 2.06. The van der Waals surface area contributed by atoms with E-state index < -0.39 is 11.8 Å². The minimum atomic E-state index is -0.663. The number of nitrogens with two attached hydrogens (primary N) is 1. The lowest BCUT2D eigenvalue weighted by Gasteiger charge is -2.16. The molecule has 1 aromatic rings. The SMILES string of the molecule is CCCC(N)C(=O)Nc1ccc2c(c1)OC(C)(C)O2. The number of rotatable bonds is 4. The Hall–Kier alpha value is -1.75. The maximum atomic E-state index is 11.8. The first-order chi connectivity index (χ1) is 8.91. The molecule has 0 aromatic heterocycles. The van der Waals surface area contributed by atoms with Crippen LogP contribution in [0.1, 0.15) is 33.6 Å². The molecule has 1 aliphatic rings. The van der Waals surface area contributed by atoms with Gasteiger partial charge in [-0.25, -0.2) is 0 Å². The summed E-state index contributed by atoms with van der Waals surface area (Å²) < 4.78 is 11.2. The summed E-state index contributed by atoms with van der Waals surface area (Å²) in [6, 6.07) is 4.83. The third kappa shape index (κ3) is 3.17. The first kappa shape index (κ1) is 13.7. The topological polar surface area (TPSA) is 73.6 Å². The van der Waals surface area contributed by atoms with Crippen LogP contribution in [0, 0.1) is 0 Å². The fraction of sp³-hybridized carbons (Fsp3) is 0.500. The zero-order valence-corrected chi connectivity index (χ0v) is 11.5. The van der Waals surface area contributed by atoms with Crippen molar-refractivity contribution in [2.45, 2.75) is 45.4 Å². The Bertz CT molecular complexity index is 486. The zero-order chi connectivity index (χ0) is 14.0. The highest BCUT2D eigenvalue weighted by molar-refractivity contribution is 5.94. The number of carbonyl (C=O) groups excluding carboxylic acids is 1. The maximum absolute atomic E-state index is 11.8. The van der Waals surface area contributed by atoms with Crippen LogP contribution in [0.15, 0.2) is 18.2 Å². The number of anilines is 1. The Kier molecular flexibility index (Phi) is 3.66. The van der Waals surface area contributed by atoms with Crippen molar-refractivity contribution < 1.29 is 14.3 Å². The highest BCUT2D eigenvalue weighted by Crippen LogP contribution is 2.40. The van der Waals surface area contributed by atoms with Crippen LogP contribution in [0.25, 0.3) is 0 Å². The molecule has 0 saturated heterocycles. The predicted octanol–water partition coefficient (Wildman–Crippen LogP) is 2.26. The summed E-state index contributed by atoms with van der Waals surface area (Å²) in [5, 5.41) is 2.78. The van der Waals surface area contributed by atoms with Crippen molar-refractivity contribution >= 4 is 11.6 Å². The van der Waals surface area contributed by atoms with Crippen LogP contribution in [0.3, 0.4) is 0 Å². The molecule has 1 atom stereocenters. The number of amides is 1. The molecule has 3 N–H and O–H groups in total. The van der Waals surface area contributed by atoms with Crippen molar-refractivity contribution in [2.75, 3.05) is 5.32 Å². The molecule has 0 fully saturated rings. The van der Waals surface area contributed by atoms with Gasteiger partial charge in [0.05, 0.1) is 6.04 Å². The van der Waals surface area contributed by atoms with E-state index in [0.29, 0.717) is 23.6 Å². The normalized spacial score (nSPS) is 17.1. The van der Waals surface area contributed by atoms with Crippen molar-refractivity contribution in [3.63, 3.8) is 0 Å². The summed E-state index contributed by atoms with van der Waals surface area (Å²) in [5.74, 6) is 0.469. The molecule has 0 saturated carbocycles. The molecule has 0 bridgehead atoms. The lowest BCUT2D eigenvalue weighted by Crippen LogP contribution is -2.35. The Morgan fingerprint density at radius 3 is 2.74 bits per heavy atom. The lowest BCUT2D eigenvalue weighted by atomic mass is 10.1. The smallest absolute Gasteiger partial charge is 0.246 e. The van der Waals surface area contributed by atoms with Crippen LogP contribution in [0.2, 0.25) is 0 Å². The third-order valence-electron chi connectivity index (χ3n) is 2.86. The van der Waals surface area contributed by atoms with Gasteiger partial charge in [-0.2, -0.15) is 0 Å². The lowest BCUT2D eigenvalue weighted by molar-refractivity contribution is -0.117. The van der Waals surface area contributed by atoms with Crippen molar-refractivity contribution in [1.29, 1.82) is 0 Å². The largest absolute Gasteiger partial charge is 0.449 e. The van der Waals surface area contributed by atoms with E-state index in [4.69, 9.17) is 15.2 Å². The highest BCUT2D eigenvalue weighted by atomic mass is 16.7. The first-order valence-corrected chi connectivity index (χ1v) is 6.50. The molecule has 104 valence electrons. The van der Waals surface area contributed by atoms with E-state index in [0.717, 1.165) is 6.42 Å². The summed E-state index contributed by atoms with van der Waals surface area (Å²) in [7, 11) is 0. The number of nitrogens with one attached hydrogen (secondary N) is 1. The van der Waals surface area contributed by atoms with Crippen LogP contribution in [0.5, 0.6) is 11.5 Å². The van der Waals surface area contributed by atoms with Crippen LogP contribution < -0.4 is 20.5 Å². The average molecular weight is 264 g/mol. The van der Waals surface area contributed by atoms with E-state index in [1.807, 2.05) is 20.8 Å². The summed E-state index contributed by atoms with van der Waals surface area (Å²) >= 11 is 0. The van der Waals surface area contributed by atoms with Gasteiger partial charge in [-0.1, -0.05) is 13.3 Å². The van der Waals surface area contributed by atoms with Crippen molar-refractivity contribution in [1.82, 2.24) is 0 Å². The van der Waals surface area contributed by atoms with Gasteiger partial charge in [0.25, 0.3) is 0 Å². The quantitative estimate of drug-likeness (QED) is 0.874. The number of benzene rings is 1. The van der Waals surface area contributed by atoms with E-state index in [2.05, 4.69) is 5.32 Å². The van der Waals surface area contributed by atoms with Gasteiger partial charge in [-0.05, 0) is 18.6 Å². The Labute approximate surface area is 113 Å². The number of carbonyl (C=O) groups is 1. The van der Waals surface area contributed by atoms with E-state index in [1.54, 1.807) is 18.2 Å². The van der Waals surface area contributed by atoms with Crippen molar-refractivity contribution in [3.05, 3.63) is 18.2 Å². The standard InChI is InChI=1S/C14H20N2O3/c1-4-5-10(15)13(17)16-9-6-7-11-12(8-9)19-14(2,3)18-11/h6-8,10H,4-5,15H2,1-3H3,(H,16,17). The monoisotopic (exact) mass is 264 g/mol. The molecular weight excluding hydrogens is 244 g/mol. The molecule has 1 unspecified atom stereocenters. The number of ether oxygens (including phenoxy) is 2. The molecule has 1 amide bonds. The molecule has 5 heteroatoms. The second kappa shape index (κ2) is 5.09. The fourth-order valence-corrected chi connectivity index (χ4v) is 1.98. The van der Waals surface area contributed by atoms with Crippen LogP contribution >= 0.6 is 0 Å². The van der Waals surface area contributed by atoms with Crippen molar-refractivity contribution in [2.24, 2.45) is 5.73 Å². The number of hydrogen-bond donors (Lipinski definition) is 2. The minimum Gasteiger partial charge on any atom is -0.449 e. The van der Waals surface area contributed by atoms with E-state index in [9.17, 15) is 4.79 Å². The summed E-state index contributed by atoms with van der Waals surface area (Å²) in [4.78, 5) is 11.8. The number of fused-ring (bicyclic) bond motifs is 1. The first-order valence-electron chi connectivity index (χ1n) is 6.50. The van der Waals surface area contributed by atoms with Crippen LogP contribution in [0.4, 0.5) is 5.69 Å². The van der Waals surface area contributed by atoms with Gasteiger partial charge in [0.1, 0.15) is 0 Å². The summed E-state index contributed by atoms with van der Waals surface area (Å²) in [5.41, 5.74) is 6.43. The molecule has 19 heavy (non-hydrogen) atoms. The molecule has 2 rings (SSSR count). The van der Waals surface area contributed by atoms with Gasteiger partial charge in [0.15, 0.2) is 11.5 Å². The Morgan fingerprint density at radius 1 is 1.37 bits per heavy atom. The van der Waals surface area contributed by atoms with Gasteiger partial charge in [-0.15, -0.1) is 0 Å². The fourth-order valence-electron chi connectivity index (χ4n) is 1.98. The van der Waals surface area contributed by atoms with E-state index in [1.165, 1.54) is 0 Å². The zero-order valence-electron chi connectivity index (χ0n) is 11.5. The minimum absolute atomic E-state index is 0.181. The molecule has 0 aliphatic carbocycles.